The number of ether oxygens (including phenoxy) is 1. The molecule has 144 valence electrons. The minimum Gasteiger partial charge on any atom is -0.484 e. The first-order valence-corrected chi connectivity index (χ1v) is 8.88. The maximum absolute atomic E-state index is 14.0. The van der Waals surface area contributed by atoms with E-state index in [1.165, 1.54) is 0 Å². The molecule has 7 nitrogen and oxygen atoms in total. The Morgan fingerprint density at radius 3 is 2.85 bits per heavy atom. The second-order valence-corrected chi connectivity index (χ2v) is 6.65. The number of aromatic nitrogens is 2. The number of amides is 1. The van der Waals surface area contributed by atoms with Gasteiger partial charge in [-0.3, -0.25) is 4.79 Å². The first-order chi connectivity index (χ1) is 13.0. The average Bonchev–Trinajstić information content (AvgIpc) is 3.06. The van der Waals surface area contributed by atoms with E-state index in [0.717, 1.165) is 0 Å². The maximum atomic E-state index is 14.0. The van der Waals surface area contributed by atoms with Crippen molar-refractivity contribution in [1.29, 1.82) is 0 Å². The molecule has 0 aliphatic carbocycles. The highest BCUT2D eigenvalue weighted by atomic mass is 19.1. The maximum Gasteiger partial charge on any atom is 0.258 e. The van der Waals surface area contributed by atoms with Gasteiger partial charge in [-0.1, -0.05) is 18.2 Å². The summed E-state index contributed by atoms with van der Waals surface area (Å²) in [6, 6.07) is 10.7. The molecule has 0 radical (unpaired) electrons. The number of anilines is 2. The van der Waals surface area contributed by atoms with Crippen LogP contribution in [0.4, 0.5) is 16.2 Å². The van der Waals surface area contributed by atoms with Gasteiger partial charge in [-0.25, -0.2) is 9.37 Å². The summed E-state index contributed by atoms with van der Waals surface area (Å²) >= 11 is 0. The summed E-state index contributed by atoms with van der Waals surface area (Å²) in [6.07, 6.45) is 1.05. The van der Waals surface area contributed by atoms with Crippen molar-refractivity contribution in [2.24, 2.45) is 0 Å². The summed E-state index contributed by atoms with van der Waals surface area (Å²) < 4.78 is 19.5. The van der Waals surface area contributed by atoms with E-state index in [1.54, 1.807) is 29.3 Å². The first kappa shape index (κ1) is 18.9. The predicted octanol–water partition coefficient (Wildman–Crippen LogP) is 1.65. The Bertz CT molecular complexity index is 759. The van der Waals surface area contributed by atoms with Crippen LogP contribution < -0.4 is 19.9 Å². The van der Waals surface area contributed by atoms with Crippen molar-refractivity contribution in [2.75, 3.05) is 43.6 Å². The van der Waals surface area contributed by atoms with E-state index in [9.17, 15) is 9.18 Å². The molecule has 0 spiro atoms. The smallest absolute Gasteiger partial charge is 0.258 e. The molecule has 1 saturated heterocycles. The molecule has 0 saturated carbocycles. The van der Waals surface area contributed by atoms with E-state index in [-0.39, 0.29) is 25.1 Å². The van der Waals surface area contributed by atoms with Crippen molar-refractivity contribution < 1.29 is 13.9 Å². The highest BCUT2D eigenvalue weighted by Gasteiger charge is 2.33. The van der Waals surface area contributed by atoms with Crippen molar-refractivity contribution in [3.8, 4) is 5.75 Å². The van der Waals surface area contributed by atoms with E-state index in [2.05, 4.69) is 15.3 Å². The molecule has 1 aliphatic heterocycles. The topological polar surface area (TPSA) is 70.6 Å². The molecule has 2 atom stereocenters. The number of benzene rings is 1. The normalized spacial score (nSPS) is 19.0. The second kappa shape index (κ2) is 8.66. The molecule has 8 heteroatoms. The van der Waals surface area contributed by atoms with Gasteiger partial charge < -0.3 is 19.9 Å². The quantitative estimate of drug-likeness (QED) is 0.796. The number of nitrogens with zero attached hydrogens (tertiary/aromatic N) is 4. The number of hydrogen-bond acceptors (Lipinski definition) is 6. The van der Waals surface area contributed by atoms with Crippen LogP contribution >= 0.6 is 0 Å². The monoisotopic (exact) mass is 373 g/mol. The molecule has 0 bridgehead atoms. The Labute approximate surface area is 158 Å². The fourth-order valence-corrected chi connectivity index (χ4v) is 3.00. The number of rotatable bonds is 7. The third-order valence-corrected chi connectivity index (χ3v) is 4.33. The zero-order valence-corrected chi connectivity index (χ0v) is 15.5. The van der Waals surface area contributed by atoms with E-state index < -0.39 is 6.17 Å². The van der Waals surface area contributed by atoms with Crippen molar-refractivity contribution in [1.82, 2.24) is 15.3 Å². The van der Waals surface area contributed by atoms with Gasteiger partial charge in [-0.05, 0) is 18.2 Å². The lowest BCUT2D eigenvalue weighted by atomic mass is 10.2. The fraction of sp³-hybridized carbons (Fsp3) is 0.421. The molecule has 3 rings (SSSR count). The van der Waals surface area contributed by atoms with Crippen LogP contribution in [0.15, 0.2) is 42.6 Å². The van der Waals surface area contributed by atoms with Crippen LogP contribution in [0.5, 0.6) is 5.75 Å². The summed E-state index contributed by atoms with van der Waals surface area (Å²) in [4.78, 5) is 24.4. The van der Waals surface area contributed by atoms with Gasteiger partial charge in [0, 0.05) is 33.3 Å². The van der Waals surface area contributed by atoms with Crippen LogP contribution in [0.1, 0.15) is 6.42 Å². The van der Waals surface area contributed by atoms with Crippen LogP contribution in [0.25, 0.3) is 0 Å². The van der Waals surface area contributed by atoms with Gasteiger partial charge in [-0.15, -0.1) is 0 Å². The summed E-state index contributed by atoms with van der Waals surface area (Å²) in [5, 5.41) is 2.83. The minimum atomic E-state index is -0.953. The molecule has 1 amide bonds. The lowest BCUT2D eigenvalue weighted by Gasteiger charge is -2.26. The Balaban J connectivity index is 1.56. The molecule has 27 heavy (non-hydrogen) atoms. The highest BCUT2D eigenvalue weighted by Crippen LogP contribution is 2.26. The summed E-state index contributed by atoms with van der Waals surface area (Å²) in [5.74, 6) is 1.62. The molecule has 1 N–H and O–H groups in total. The summed E-state index contributed by atoms with van der Waals surface area (Å²) in [6.45, 7) is 0.512. The zero-order valence-electron chi connectivity index (χ0n) is 15.5. The Kier molecular flexibility index (Phi) is 6.05. The fourth-order valence-electron chi connectivity index (χ4n) is 3.00. The van der Waals surface area contributed by atoms with Gasteiger partial charge in [0.15, 0.2) is 6.61 Å². The van der Waals surface area contributed by atoms with E-state index >= 15 is 0 Å². The van der Waals surface area contributed by atoms with Crippen LogP contribution in [0, 0.1) is 0 Å². The molecule has 1 aliphatic rings. The largest absolute Gasteiger partial charge is 0.484 e. The van der Waals surface area contributed by atoms with Gasteiger partial charge in [0.1, 0.15) is 17.7 Å². The predicted molar refractivity (Wildman–Crippen MR) is 102 cm³/mol. The van der Waals surface area contributed by atoms with Crippen molar-refractivity contribution in [3.63, 3.8) is 0 Å². The van der Waals surface area contributed by atoms with Crippen LogP contribution in [0.3, 0.4) is 0 Å². The number of para-hydroxylation sites is 1. The SMILES string of the molecule is CN(C)c1nccc(N2C[C@@H](F)C[C@H]2CNC(=O)COc2ccccc2)n1. The lowest BCUT2D eigenvalue weighted by molar-refractivity contribution is -0.123. The number of carbonyl (C=O) groups is 1. The molecule has 0 unspecified atom stereocenters. The van der Waals surface area contributed by atoms with Gasteiger partial charge >= 0.3 is 0 Å². The van der Waals surface area contributed by atoms with Crippen molar-refractivity contribution in [2.45, 2.75) is 18.6 Å². The number of hydrogen-bond donors (Lipinski definition) is 1. The van der Waals surface area contributed by atoms with Crippen LogP contribution in [0.2, 0.25) is 0 Å². The Morgan fingerprint density at radius 2 is 2.11 bits per heavy atom. The van der Waals surface area contributed by atoms with Gasteiger partial charge in [-0.2, -0.15) is 4.98 Å². The molecule has 1 fully saturated rings. The summed E-state index contributed by atoms with van der Waals surface area (Å²) in [5.41, 5.74) is 0. The molecular formula is C19H24FN5O2. The standard InChI is InChI=1S/C19H24FN5O2/c1-24(2)19-21-9-8-17(23-19)25-12-14(20)10-15(25)11-22-18(26)13-27-16-6-4-3-5-7-16/h3-9,14-15H,10-13H2,1-2H3,(H,22,26)/t14-,15-/m0/s1. The Morgan fingerprint density at radius 1 is 1.33 bits per heavy atom. The van der Waals surface area contributed by atoms with E-state index in [0.29, 0.717) is 30.5 Å². The average molecular weight is 373 g/mol. The summed E-state index contributed by atoms with van der Waals surface area (Å²) in [7, 11) is 3.71. The third-order valence-electron chi connectivity index (χ3n) is 4.33. The van der Waals surface area contributed by atoms with Gasteiger partial charge in [0.2, 0.25) is 5.95 Å². The molecular weight excluding hydrogens is 349 g/mol. The molecule has 2 heterocycles. The third kappa shape index (κ3) is 5.06. The number of nitrogens with one attached hydrogen (secondary N) is 1. The molecule has 2 aromatic rings. The zero-order chi connectivity index (χ0) is 19.2. The lowest BCUT2D eigenvalue weighted by Crippen LogP contribution is -2.42. The van der Waals surface area contributed by atoms with Crippen molar-refractivity contribution >= 4 is 17.7 Å². The van der Waals surface area contributed by atoms with Gasteiger partial charge in [0.25, 0.3) is 5.91 Å². The second-order valence-electron chi connectivity index (χ2n) is 6.65. The van der Waals surface area contributed by atoms with E-state index in [4.69, 9.17) is 4.74 Å². The van der Waals surface area contributed by atoms with Crippen LogP contribution in [-0.2, 0) is 4.79 Å². The highest BCUT2D eigenvalue weighted by molar-refractivity contribution is 5.77. The minimum absolute atomic E-state index is 0.0753. The number of alkyl halides is 1. The molecule has 1 aromatic heterocycles. The number of halogens is 1. The first-order valence-electron chi connectivity index (χ1n) is 8.88. The molecule has 1 aromatic carbocycles. The number of carbonyl (C=O) groups excluding carboxylic acids is 1. The Hall–Kier alpha value is -2.90. The van der Waals surface area contributed by atoms with Crippen molar-refractivity contribution in [3.05, 3.63) is 42.6 Å². The van der Waals surface area contributed by atoms with E-state index in [1.807, 2.05) is 37.2 Å². The van der Waals surface area contributed by atoms with Crippen LogP contribution in [-0.4, -0.2) is 61.9 Å². The van der Waals surface area contributed by atoms with Gasteiger partial charge in [0.05, 0.1) is 12.6 Å².